The lowest BCUT2D eigenvalue weighted by Gasteiger charge is -2.27. The zero-order valence-electron chi connectivity index (χ0n) is 11.5. The van der Waals surface area contributed by atoms with Crippen LogP contribution in [0.15, 0.2) is 18.3 Å². The Bertz CT molecular complexity index is 361. The van der Waals surface area contributed by atoms with Crippen molar-refractivity contribution < 1.29 is 9.47 Å². The molecule has 106 valence electrons. The Balaban J connectivity index is 1.78. The first-order chi connectivity index (χ1) is 9.28. The quantitative estimate of drug-likeness (QED) is 0.767. The minimum atomic E-state index is 0.382. The number of anilines is 1. The van der Waals surface area contributed by atoms with Crippen molar-refractivity contribution in [1.29, 1.82) is 0 Å². The molecule has 0 unspecified atom stereocenters. The van der Waals surface area contributed by atoms with E-state index in [1.54, 1.807) is 7.11 Å². The average molecular weight is 265 g/mol. The number of nitrogens with two attached hydrogens (primary N) is 1. The summed E-state index contributed by atoms with van der Waals surface area (Å²) in [5.74, 6) is 0.633. The van der Waals surface area contributed by atoms with E-state index in [1.165, 1.54) is 0 Å². The monoisotopic (exact) mass is 265 g/mol. The molecule has 0 aromatic carbocycles. The summed E-state index contributed by atoms with van der Waals surface area (Å²) in [4.78, 5) is 4.27. The average Bonchev–Trinajstić information content (AvgIpc) is 2.44. The smallest absolute Gasteiger partial charge is 0.213 e. The Morgan fingerprint density at radius 2 is 2.05 bits per heavy atom. The van der Waals surface area contributed by atoms with Gasteiger partial charge in [-0.05, 0) is 31.7 Å². The van der Waals surface area contributed by atoms with Crippen LogP contribution in [0.3, 0.4) is 0 Å². The van der Waals surface area contributed by atoms with Crippen LogP contribution in [0.5, 0.6) is 5.88 Å². The lowest BCUT2D eigenvalue weighted by molar-refractivity contribution is 0.144. The number of ether oxygens (including phenoxy) is 2. The molecule has 2 rings (SSSR count). The molecule has 19 heavy (non-hydrogen) atoms. The first-order valence-corrected chi connectivity index (χ1v) is 6.88. The normalized spacial score (nSPS) is 23.1. The first kappa shape index (κ1) is 14.1. The Hall–Kier alpha value is -1.33. The van der Waals surface area contributed by atoms with Gasteiger partial charge in [-0.2, -0.15) is 0 Å². The van der Waals surface area contributed by atoms with E-state index in [9.17, 15) is 0 Å². The predicted molar refractivity (Wildman–Crippen MR) is 75.5 cm³/mol. The maximum atomic E-state index is 5.90. The number of pyridine rings is 1. The van der Waals surface area contributed by atoms with Crippen LogP contribution in [0.4, 0.5) is 5.69 Å². The fraction of sp³-hybridized carbons (Fsp3) is 0.643. The fourth-order valence-electron chi connectivity index (χ4n) is 2.28. The molecule has 1 heterocycles. The van der Waals surface area contributed by atoms with Crippen LogP contribution in [0, 0.1) is 0 Å². The van der Waals surface area contributed by atoms with Gasteiger partial charge < -0.3 is 20.5 Å². The molecule has 5 heteroatoms. The lowest BCUT2D eigenvalue weighted by atomic mass is 9.92. The molecule has 3 N–H and O–H groups in total. The predicted octanol–water partition coefficient (Wildman–Crippen LogP) is 1.79. The summed E-state index contributed by atoms with van der Waals surface area (Å²) in [6.45, 7) is 1.10. The van der Waals surface area contributed by atoms with Gasteiger partial charge in [-0.25, -0.2) is 4.98 Å². The van der Waals surface area contributed by atoms with Crippen molar-refractivity contribution in [1.82, 2.24) is 4.98 Å². The van der Waals surface area contributed by atoms with Crippen molar-refractivity contribution in [2.24, 2.45) is 5.73 Å². The molecule has 1 aromatic rings. The number of rotatable bonds is 6. The van der Waals surface area contributed by atoms with Gasteiger partial charge in [0.2, 0.25) is 5.88 Å². The van der Waals surface area contributed by atoms with Gasteiger partial charge in [-0.3, -0.25) is 0 Å². The van der Waals surface area contributed by atoms with Crippen LogP contribution < -0.4 is 15.8 Å². The minimum absolute atomic E-state index is 0.382. The minimum Gasteiger partial charge on any atom is -0.475 e. The van der Waals surface area contributed by atoms with E-state index >= 15 is 0 Å². The molecule has 5 nitrogen and oxygen atoms in total. The summed E-state index contributed by atoms with van der Waals surface area (Å²) >= 11 is 0. The summed E-state index contributed by atoms with van der Waals surface area (Å²) in [6.07, 6.45) is 6.28. The van der Waals surface area contributed by atoms with Gasteiger partial charge in [-0.15, -0.1) is 0 Å². The van der Waals surface area contributed by atoms with Crippen molar-refractivity contribution in [3.8, 4) is 5.88 Å². The second-order valence-corrected chi connectivity index (χ2v) is 4.98. The third kappa shape index (κ3) is 4.69. The first-order valence-electron chi connectivity index (χ1n) is 6.88. The SMILES string of the molecule is COCCOc1ccc(NC2CCC(N)CC2)cn1. The number of aromatic nitrogens is 1. The Labute approximate surface area is 114 Å². The number of hydrogen-bond donors (Lipinski definition) is 2. The summed E-state index contributed by atoms with van der Waals surface area (Å²) in [5.41, 5.74) is 6.94. The van der Waals surface area contributed by atoms with Crippen molar-refractivity contribution in [3.05, 3.63) is 18.3 Å². The van der Waals surface area contributed by atoms with Crippen molar-refractivity contribution in [2.75, 3.05) is 25.6 Å². The topological polar surface area (TPSA) is 69.4 Å². The number of nitrogens with zero attached hydrogens (tertiary/aromatic N) is 1. The number of methoxy groups -OCH3 is 1. The molecule has 0 saturated heterocycles. The summed E-state index contributed by atoms with van der Waals surface area (Å²) in [5, 5.41) is 3.50. The van der Waals surface area contributed by atoms with E-state index in [1.807, 2.05) is 18.3 Å². The molecule has 1 aliphatic rings. The van der Waals surface area contributed by atoms with Gasteiger partial charge >= 0.3 is 0 Å². The van der Waals surface area contributed by atoms with Gasteiger partial charge in [0.25, 0.3) is 0 Å². The largest absolute Gasteiger partial charge is 0.475 e. The highest BCUT2D eigenvalue weighted by atomic mass is 16.5. The van der Waals surface area contributed by atoms with E-state index < -0.39 is 0 Å². The summed E-state index contributed by atoms with van der Waals surface area (Å²) in [6, 6.07) is 4.78. The molecular formula is C14H23N3O2. The molecule has 0 amide bonds. The van der Waals surface area contributed by atoms with Gasteiger partial charge in [0.05, 0.1) is 18.5 Å². The number of hydrogen-bond acceptors (Lipinski definition) is 5. The van der Waals surface area contributed by atoms with E-state index in [0.29, 0.717) is 31.2 Å². The highest BCUT2D eigenvalue weighted by Gasteiger charge is 2.18. The second-order valence-electron chi connectivity index (χ2n) is 4.98. The van der Waals surface area contributed by atoms with Gasteiger partial charge in [-0.1, -0.05) is 0 Å². The Kier molecular flexibility index (Phi) is 5.42. The molecule has 1 fully saturated rings. The van der Waals surface area contributed by atoms with Crippen molar-refractivity contribution in [2.45, 2.75) is 37.8 Å². The zero-order valence-corrected chi connectivity index (χ0v) is 11.5. The Morgan fingerprint density at radius 1 is 1.26 bits per heavy atom. The maximum absolute atomic E-state index is 5.90. The van der Waals surface area contributed by atoms with E-state index in [0.717, 1.165) is 31.4 Å². The van der Waals surface area contributed by atoms with Crippen LogP contribution in [-0.4, -0.2) is 37.4 Å². The van der Waals surface area contributed by atoms with Crippen LogP contribution in [0.1, 0.15) is 25.7 Å². The van der Waals surface area contributed by atoms with Crippen LogP contribution in [-0.2, 0) is 4.74 Å². The van der Waals surface area contributed by atoms with Gasteiger partial charge in [0, 0.05) is 25.3 Å². The molecular weight excluding hydrogens is 242 g/mol. The van der Waals surface area contributed by atoms with Crippen molar-refractivity contribution in [3.63, 3.8) is 0 Å². The van der Waals surface area contributed by atoms with E-state index in [2.05, 4.69) is 10.3 Å². The third-order valence-corrected chi connectivity index (χ3v) is 3.42. The third-order valence-electron chi connectivity index (χ3n) is 3.42. The number of nitrogens with one attached hydrogen (secondary N) is 1. The van der Waals surface area contributed by atoms with Gasteiger partial charge in [0.1, 0.15) is 6.61 Å². The molecule has 1 aliphatic carbocycles. The molecule has 0 bridgehead atoms. The standard InChI is InChI=1S/C14H23N3O2/c1-18-8-9-19-14-7-6-13(10-16-14)17-12-4-2-11(15)3-5-12/h6-7,10-12,17H,2-5,8-9,15H2,1H3. The van der Waals surface area contributed by atoms with Crippen molar-refractivity contribution >= 4 is 5.69 Å². The van der Waals surface area contributed by atoms with Crippen LogP contribution in [0.25, 0.3) is 0 Å². The lowest BCUT2D eigenvalue weighted by Crippen LogP contribution is -2.32. The molecule has 0 aliphatic heterocycles. The molecule has 0 atom stereocenters. The Morgan fingerprint density at radius 3 is 2.68 bits per heavy atom. The molecule has 0 radical (unpaired) electrons. The molecule has 0 spiro atoms. The van der Waals surface area contributed by atoms with Gasteiger partial charge in [0.15, 0.2) is 0 Å². The maximum Gasteiger partial charge on any atom is 0.213 e. The second kappa shape index (κ2) is 7.31. The summed E-state index contributed by atoms with van der Waals surface area (Å²) < 4.78 is 10.3. The van der Waals surface area contributed by atoms with Crippen LogP contribution >= 0.6 is 0 Å². The molecule has 1 aromatic heterocycles. The van der Waals surface area contributed by atoms with E-state index in [4.69, 9.17) is 15.2 Å². The zero-order chi connectivity index (χ0) is 13.5. The van der Waals surface area contributed by atoms with Crippen LogP contribution in [0.2, 0.25) is 0 Å². The fourth-order valence-corrected chi connectivity index (χ4v) is 2.28. The van der Waals surface area contributed by atoms with E-state index in [-0.39, 0.29) is 0 Å². The summed E-state index contributed by atoms with van der Waals surface area (Å²) in [7, 11) is 1.65. The highest BCUT2D eigenvalue weighted by Crippen LogP contribution is 2.21. The molecule has 1 saturated carbocycles. The highest BCUT2D eigenvalue weighted by molar-refractivity contribution is 5.43.